The molecule has 0 bridgehead atoms. The Hall–Kier alpha value is -0.0800. The molecule has 0 spiro atoms. The molecule has 0 amide bonds. The predicted octanol–water partition coefficient (Wildman–Crippen LogP) is 1.11. The van der Waals surface area contributed by atoms with Gasteiger partial charge in [-0.2, -0.15) is 0 Å². The normalized spacial score (nSPS) is 16.8. The maximum Gasteiger partial charge on any atom is 0.00357 e. The van der Waals surface area contributed by atoms with Crippen LogP contribution in [-0.4, -0.2) is 19.1 Å². The highest BCUT2D eigenvalue weighted by Crippen LogP contribution is 2.01. The van der Waals surface area contributed by atoms with Gasteiger partial charge >= 0.3 is 0 Å². The summed E-state index contributed by atoms with van der Waals surface area (Å²) in [6.45, 7) is 4.26. The molecule has 2 heteroatoms. The minimum absolute atomic E-state index is 0.365. The van der Waals surface area contributed by atoms with E-state index >= 15 is 0 Å². The van der Waals surface area contributed by atoms with Crippen molar-refractivity contribution >= 4 is 0 Å². The van der Waals surface area contributed by atoms with Crippen LogP contribution in [0.4, 0.5) is 0 Å². The highest BCUT2D eigenvalue weighted by Gasteiger charge is 1.98. The summed E-state index contributed by atoms with van der Waals surface area (Å²) >= 11 is 0. The molecule has 62 valence electrons. The van der Waals surface area contributed by atoms with Gasteiger partial charge in [0.1, 0.15) is 0 Å². The molecule has 0 aromatic carbocycles. The van der Waals surface area contributed by atoms with Gasteiger partial charge < -0.3 is 11.1 Å². The smallest absolute Gasteiger partial charge is 0.00357 e. The van der Waals surface area contributed by atoms with Gasteiger partial charge in [0.2, 0.25) is 0 Å². The summed E-state index contributed by atoms with van der Waals surface area (Å²) < 4.78 is 0. The first-order valence-electron chi connectivity index (χ1n) is 4.09. The molecular formula is C8H20N2. The second-order valence-electron chi connectivity index (χ2n) is 3.10. The highest BCUT2D eigenvalue weighted by atomic mass is 14.8. The Bertz CT molecular complexity index is 71.7. The number of nitrogens with two attached hydrogens (primary N) is 1. The van der Waals surface area contributed by atoms with E-state index < -0.39 is 0 Å². The quantitative estimate of drug-likeness (QED) is 0.606. The van der Waals surface area contributed by atoms with Crippen LogP contribution in [0.25, 0.3) is 0 Å². The molecule has 0 fully saturated rings. The molecule has 0 aromatic rings. The summed E-state index contributed by atoms with van der Waals surface area (Å²) in [4.78, 5) is 0. The number of hydrogen-bond donors (Lipinski definition) is 2. The Morgan fingerprint density at radius 2 is 1.90 bits per heavy atom. The molecule has 0 heterocycles. The molecule has 0 rings (SSSR count). The van der Waals surface area contributed by atoms with Crippen LogP contribution in [0.2, 0.25) is 0 Å². The zero-order valence-corrected chi connectivity index (χ0v) is 7.35. The van der Waals surface area contributed by atoms with E-state index in [1.54, 1.807) is 0 Å². The Morgan fingerprint density at radius 3 is 2.30 bits per heavy atom. The average molecular weight is 144 g/mol. The van der Waals surface area contributed by atoms with E-state index in [4.69, 9.17) is 5.73 Å². The molecule has 0 aliphatic carbocycles. The van der Waals surface area contributed by atoms with Gasteiger partial charge in [-0.25, -0.2) is 0 Å². The fraction of sp³-hybridized carbons (Fsp3) is 1.00. The van der Waals surface area contributed by atoms with E-state index in [0.29, 0.717) is 12.1 Å². The van der Waals surface area contributed by atoms with Gasteiger partial charge in [0.25, 0.3) is 0 Å². The fourth-order valence-corrected chi connectivity index (χ4v) is 0.890. The van der Waals surface area contributed by atoms with Gasteiger partial charge in [-0.3, -0.25) is 0 Å². The number of nitrogens with one attached hydrogen (secondary N) is 1. The summed E-state index contributed by atoms with van der Waals surface area (Å²) in [6.07, 6.45) is 3.61. The SMILES string of the molecule is CNC(C)CCCC(C)N. The van der Waals surface area contributed by atoms with Crippen molar-refractivity contribution in [1.29, 1.82) is 0 Å². The number of rotatable bonds is 5. The van der Waals surface area contributed by atoms with Crippen LogP contribution in [0.1, 0.15) is 33.1 Å². The first-order valence-corrected chi connectivity index (χ1v) is 4.09. The maximum atomic E-state index is 5.60. The molecule has 2 nitrogen and oxygen atoms in total. The summed E-state index contributed by atoms with van der Waals surface area (Å²) in [5.74, 6) is 0. The second-order valence-corrected chi connectivity index (χ2v) is 3.10. The number of hydrogen-bond acceptors (Lipinski definition) is 2. The predicted molar refractivity (Wildman–Crippen MR) is 46.0 cm³/mol. The Balaban J connectivity index is 3.03. The van der Waals surface area contributed by atoms with Gasteiger partial charge in [0.15, 0.2) is 0 Å². The first-order chi connectivity index (χ1) is 4.66. The molecule has 2 unspecified atom stereocenters. The Morgan fingerprint density at radius 1 is 1.30 bits per heavy atom. The van der Waals surface area contributed by atoms with Crippen molar-refractivity contribution in [1.82, 2.24) is 5.32 Å². The van der Waals surface area contributed by atoms with E-state index in [0.717, 1.165) is 6.42 Å². The zero-order valence-electron chi connectivity index (χ0n) is 7.35. The third-order valence-electron chi connectivity index (χ3n) is 1.79. The van der Waals surface area contributed by atoms with E-state index in [-0.39, 0.29) is 0 Å². The topological polar surface area (TPSA) is 38.0 Å². The lowest BCUT2D eigenvalue weighted by molar-refractivity contribution is 0.506. The van der Waals surface area contributed by atoms with Crippen LogP contribution in [0.5, 0.6) is 0 Å². The van der Waals surface area contributed by atoms with Crippen molar-refractivity contribution in [3.63, 3.8) is 0 Å². The monoisotopic (exact) mass is 144 g/mol. The van der Waals surface area contributed by atoms with Gasteiger partial charge in [-0.1, -0.05) is 6.42 Å². The van der Waals surface area contributed by atoms with Crippen LogP contribution in [0, 0.1) is 0 Å². The first kappa shape index (κ1) is 9.92. The zero-order chi connectivity index (χ0) is 7.98. The Kier molecular flexibility index (Phi) is 5.64. The maximum absolute atomic E-state index is 5.60. The molecule has 0 aliphatic rings. The summed E-state index contributed by atoms with van der Waals surface area (Å²) in [6, 6.07) is 1.00. The standard InChI is InChI=1S/C8H20N2/c1-7(9)5-4-6-8(2)10-3/h7-8,10H,4-6,9H2,1-3H3. The molecule has 0 aromatic heterocycles. The van der Waals surface area contributed by atoms with E-state index in [1.165, 1.54) is 12.8 Å². The van der Waals surface area contributed by atoms with Crippen molar-refractivity contribution < 1.29 is 0 Å². The van der Waals surface area contributed by atoms with E-state index in [2.05, 4.69) is 19.2 Å². The lowest BCUT2D eigenvalue weighted by Crippen LogP contribution is -2.22. The minimum atomic E-state index is 0.365. The van der Waals surface area contributed by atoms with Crippen LogP contribution >= 0.6 is 0 Å². The van der Waals surface area contributed by atoms with Crippen LogP contribution in [0.15, 0.2) is 0 Å². The van der Waals surface area contributed by atoms with Gasteiger partial charge in [0.05, 0.1) is 0 Å². The lowest BCUT2D eigenvalue weighted by atomic mass is 10.1. The molecule has 0 saturated heterocycles. The molecule has 2 atom stereocenters. The third kappa shape index (κ3) is 6.05. The average Bonchev–Trinajstić information content (AvgIpc) is 1.87. The Labute approximate surface area is 64.2 Å². The van der Waals surface area contributed by atoms with Crippen LogP contribution in [-0.2, 0) is 0 Å². The van der Waals surface area contributed by atoms with Gasteiger partial charge in [-0.05, 0) is 33.7 Å². The van der Waals surface area contributed by atoms with Crippen molar-refractivity contribution in [3.8, 4) is 0 Å². The molecule has 10 heavy (non-hydrogen) atoms. The fourth-order valence-electron chi connectivity index (χ4n) is 0.890. The molecule has 3 N–H and O–H groups in total. The third-order valence-corrected chi connectivity index (χ3v) is 1.79. The van der Waals surface area contributed by atoms with Crippen molar-refractivity contribution in [3.05, 3.63) is 0 Å². The largest absolute Gasteiger partial charge is 0.328 e. The summed E-state index contributed by atoms with van der Waals surface area (Å²) in [5.41, 5.74) is 5.60. The minimum Gasteiger partial charge on any atom is -0.328 e. The van der Waals surface area contributed by atoms with Crippen LogP contribution < -0.4 is 11.1 Å². The molecular weight excluding hydrogens is 124 g/mol. The molecule has 0 aliphatic heterocycles. The van der Waals surface area contributed by atoms with E-state index in [1.807, 2.05) is 7.05 Å². The van der Waals surface area contributed by atoms with Gasteiger partial charge in [0, 0.05) is 12.1 Å². The van der Waals surface area contributed by atoms with Crippen molar-refractivity contribution in [2.24, 2.45) is 5.73 Å². The van der Waals surface area contributed by atoms with Gasteiger partial charge in [-0.15, -0.1) is 0 Å². The summed E-state index contributed by atoms with van der Waals surface area (Å²) in [7, 11) is 2.00. The highest BCUT2D eigenvalue weighted by molar-refractivity contribution is 4.59. The summed E-state index contributed by atoms with van der Waals surface area (Å²) in [5, 5.41) is 3.20. The van der Waals surface area contributed by atoms with Crippen molar-refractivity contribution in [2.75, 3.05) is 7.05 Å². The molecule has 0 radical (unpaired) electrons. The van der Waals surface area contributed by atoms with E-state index in [9.17, 15) is 0 Å². The molecule has 0 saturated carbocycles. The second kappa shape index (κ2) is 5.69. The van der Waals surface area contributed by atoms with Crippen molar-refractivity contribution in [2.45, 2.75) is 45.2 Å². The van der Waals surface area contributed by atoms with Crippen LogP contribution in [0.3, 0.4) is 0 Å². The lowest BCUT2D eigenvalue weighted by Gasteiger charge is -2.10.